The molecule has 3 aromatic carbocycles. The summed E-state index contributed by atoms with van der Waals surface area (Å²) in [6.07, 6.45) is -3.65. The normalized spacial score (nSPS) is 16.1. The van der Waals surface area contributed by atoms with Crippen LogP contribution in [0.15, 0.2) is 72.9 Å². The van der Waals surface area contributed by atoms with E-state index in [0.29, 0.717) is 18.6 Å². The standard InChI is InChI=1S/C36H39F3N4O8/c1-22(2)32(34(45)46)40-33(44)24-9-12-30(31(17-24)50-3)51-26-13-15-41(16-14-26)21-35(47,36(37,38)39)28-20-42(19-23-7-5-4-6-8-23)29-18-25(43(48)49)10-11-27(28)29/h4-12,17-18,20,22,26,32,47H,13-16,19,21H2,1-3H3,(H,40,44)(H,45,46)/t32-,35?/m1/s1. The Labute approximate surface area is 291 Å². The van der Waals surface area contributed by atoms with Gasteiger partial charge in [-0.3, -0.25) is 19.8 Å². The minimum atomic E-state index is -5.09. The van der Waals surface area contributed by atoms with Crippen LogP contribution in [0.25, 0.3) is 10.9 Å². The largest absolute Gasteiger partial charge is 0.493 e. The Morgan fingerprint density at radius 2 is 1.73 bits per heavy atom. The molecule has 0 spiro atoms. The molecule has 272 valence electrons. The van der Waals surface area contributed by atoms with Gasteiger partial charge in [-0.15, -0.1) is 0 Å². The zero-order valence-electron chi connectivity index (χ0n) is 28.2. The first-order valence-corrected chi connectivity index (χ1v) is 16.3. The third kappa shape index (κ3) is 8.10. The number of halogens is 3. The number of aliphatic hydroxyl groups is 1. The summed E-state index contributed by atoms with van der Waals surface area (Å²) >= 11 is 0. The number of nitro groups is 1. The number of alkyl halides is 3. The number of rotatable bonds is 13. The molecule has 15 heteroatoms. The van der Waals surface area contributed by atoms with E-state index in [1.165, 1.54) is 53.1 Å². The average molecular weight is 713 g/mol. The molecule has 1 fully saturated rings. The fourth-order valence-electron chi connectivity index (χ4n) is 6.29. The Morgan fingerprint density at radius 3 is 2.31 bits per heavy atom. The second kappa shape index (κ2) is 15.0. The van der Waals surface area contributed by atoms with Crippen LogP contribution in [0.5, 0.6) is 11.5 Å². The quantitative estimate of drug-likeness (QED) is 0.116. The van der Waals surface area contributed by atoms with Crippen molar-refractivity contribution in [2.24, 2.45) is 5.92 Å². The molecule has 2 atom stereocenters. The molecular weight excluding hydrogens is 673 g/mol. The van der Waals surface area contributed by atoms with Crippen molar-refractivity contribution in [1.82, 2.24) is 14.8 Å². The third-order valence-corrected chi connectivity index (χ3v) is 9.11. The number of likely N-dealkylation sites (tertiary alicyclic amines) is 1. The summed E-state index contributed by atoms with van der Waals surface area (Å²) < 4.78 is 57.8. The molecule has 0 aliphatic carbocycles. The summed E-state index contributed by atoms with van der Waals surface area (Å²) in [5, 5.41) is 35.1. The van der Waals surface area contributed by atoms with Gasteiger partial charge in [-0.2, -0.15) is 13.2 Å². The van der Waals surface area contributed by atoms with Crippen LogP contribution < -0.4 is 14.8 Å². The van der Waals surface area contributed by atoms with Gasteiger partial charge in [0.15, 0.2) is 11.5 Å². The van der Waals surface area contributed by atoms with E-state index in [9.17, 15) is 43.1 Å². The Bertz CT molecular complexity index is 1890. The number of ether oxygens (including phenoxy) is 2. The van der Waals surface area contributed by atoms with Crippen LogP contribution in [0.3, 0.4) is 0 Å². The topological polar surface area (TPSA) is 156 Å². The Balaban J connectivity index is 1.33. The summed E-state index contributed by atoms with van der Waals surface area (Å²) in [5.74, 6) is -1.59. The first-order chi connectivity index (χ1) is 24.1. The molecule has 1 aliphatic heterocycles. The monoisotopic (exact) mass is 712 g/mol. The van der Waals surface area contributed by atoms with Crippen molar-refractivity contribution < 1.29 is 47.4 Å². The average Bonchev–Trinajstić information content (AvgIpc) is 3.45. The lowest BCUT2D eigenvalue weighted by Crippen LogP contribution is -2.53. The number of aromatic nitrogens is 1. The van der Waals surface area contributed by atoms with Gasteiger partial charge in [0, 0.05) is 61.0 Å². The number of fused-ring (bicyclic) bond motifs is 1. The number of benzene rings is 3. The van der Waals surface area contributed by atoms with Gasteiger partial charge in [0.2, 0.25) is 5.60 Å². The molecule has 1 unspecified atom stereocenters. The molecule has 0 radical (unpaired) electrons. The molecule has 12 nitrogen and oxygen atoms in total. The maximum Gasteiger partial charge on any atom is 0.422 e. The smallest absolute Gasteiger partial charge is 0.422 e. The number of non-ortho nitro benzene ring substituents is 1. The lowest BCUT2D eigenvalue weighted by Gasteiger charge is -2.39. The van der Waals surface area contributed by atoms with E-state index in [4.69, 9.17) is 9.47 Å². The SMILES string of the molecule is COc1cc(C(=O)N[C@@H](C(=O)O)C(C)C)ccc1OC1CCN(CC(O)(c2cn(Cc3ccccc3)c3cc([N+](=O)[O-])ccc23)C(F)(F)F)CC1. The number of piperidine rings is 1. The molecule has 2 heterocycles. The number of carboxylic acids is 1. The highest BCUT2D eigenvalue weighted by Gasteiger charge is 2.57. The number of carbonyl (C=O) groups is 2. The fraction of sp³-hybridized carbons (Fsp3) is 0.389. The first kappa shape index (κ1) is 37.1. The summed E-state index contributed by atoms with van der Waals surface area (Å²) in [6, 6.07) is 15.8. The van der Waals surface area contributed by atoms with Gasteiger partial charge in [0.05, 0.1) is 17.5 Å². The number of carbonyl (C=O) groups excluding carboxylic acids is 1. The van der Waals surface area contributed by atoms with Crippen molar-refractivity contribution >= 4 is 28.5 Å². The van der Waals surface area contributed by atoms with Gasteiger partial charge in [-0.1, -0.05) is 44.2 Å². The van der Waals surface area contributed by atoms with Crippen molar-refractivity contribution in [1.29, 1.82) is 0 Å². The summed E-state index contributed by atoms with van der Waals surface area (Å²) in [7, 11) is 1.38. The van der Waals surface area contributed by atoms with Crippen LogP contribution in [-0.2, 0) is 16.9 Å². The van der Waals surface area contributed by atoms with Gasteiger partial charge < -0.3 is 29.6 Å². The van der Waals surface area contributed by atoms with Crippen LogP contribution in [0.1, 0.15) is 48.2 Å². The van der Waals surface area contributed by atoms with E-state index in [1.54, 1.807) is 44.2 Å². The number of nitro benzene ring substituents is 1. The van der Waals surface area contributed by atoms with Crippen LogP contribution in [0.2, 0.25) is 0 Å². The molecule has 1 amide bonds. The highest BCUT2D eigenvalue weighted by atomic mass is 19.4. The number of hydrogen-bond acceptors (Lipinski definition) is 8. The fourth-order valence-corrected chi connectivity index (χ4v) is 6.29. The second-order valence-corrected chi connectivity index (χ2v) is 13.0. The predicted molar refractivity (Wildman–Crippen MR) is 181 cm³/mol. The van der Waals surface area contributed by atoms with Crippen molar-refractivity contribution in [3.8, 4) is 11.5 Å². The minimum Gasteiger partial charge on any atom is -0.493 e. The van der Waals surface area contributed by atoms with Crippen molar-refractivity contribution in [3.63, 3.8) is 0 Å². The van der Waals surface area contributed by atoms with Crippen LogP contribution >= 0.6 is 0 Å². The summed E-state index contributed by atoms with van der Waals surface area (Å²) in [4.78, 5) is 36.7. The lowest BCUT2D eigenvalue weighted by atomic mass is 9.91. The van der Waals surface area contributed by atoms with Crippen molar-refractivity contribution in [3.05, 3.63) is 99.7 Å². The highest BCUT2D eigenvalue weighted by molar-refractivity contribution is 5.97. The molecule has 0 bridgehead atoms. The van der Waals surface area contributed by atoms with E-state index in [1.807, 2.05) is 0 Å². The maximum atomic E-state index is 14.9. The highest BCUT2D eigenvalue weighted by Crippen LogP contribution is 2.44. The zero-order chi connectivity index (χ0) is 37.1. The van der Waals surface area contributed by atoms with Crippen molar-refractivity contribution in [2.45, 2.75) is 57.2 Å². The lowest BCUT2D eigenvalue weighted by molar-refractivity contribution is -0.384. The van der Waals surface area contributed by atoms with Gasteiger partial charge in [-0.25, -0.2) is 4.79 Å². The van der Waals surface area contributed by atoms with Crippen LogP contribution in [-0.4, -0.2) is 81.5 Å². The van der Waals surface area contributed by atoms with Crippen molar-refractivity contribution in [2.75, 3.05) is 26.7 Å². The predicted octanol–water partition coefficient (Wildman–Crippen LogP) is 5.74. The first-order valence-electron chi connectivity index (χ1n) is 16.3. The van der Waals surface area contributed by atoms with E-state index >= 15 is 0 Å². The Morgan fingerprint density at radius 1 is 1.04 bits per heavy atom. The molecular formula is C36H39F3N4O8. The number of nitrogens with zero attached hydrogens (tertiary/aromatic N) is 3. The molecule has 0 saturated carbocycles. The molecule has 1 aromatic heterocycles. The molecule has 1 aliphatic rings. The van der Waals surface area contributed by atoms with E-state index < -0.39 is 52.8 Å². The van der Waals surface area contributed by atoms with Crippen LogP contribution in [0.4, 0.5) is 18.9 Å². The molecule has 4 aromatic rings. The Hall–Kier alpha value is -5.15. The number of amides is 1. The third-order valence-electron chi connectivity index (χ3n) is 9.11. The number of methoxy groups -OCH3 is 1. The molecule has 3 N–H and O–H groups in total. The summed E-state index contributed by atoms with van der Waals surface area (Å²) in [6.45, 7) is 3.02. The van der Waals surface area contributed by atoms with Gasteiger partial charge in [-0.05, 0) is 48.6 Å². The number of aliphatic carboxylic acids is 1. The number of nitrogens with one attached hydrogen (secondary N) is 1. The number of carboxylic acid groups (broad SMARTS) is 1. The van der Waals surface area contributed by atoms with E-state index in [-0.39, 0.29) is 53.5 Å². The summed E-state index contributed by atoms with van der Waals surface area (Å²) in [5.41, 5.74) is -2.87. The number of β-amino-alcohol motifs (C(OH)–C–C–N with tert-alkyl or cyclic N) is 1. The Kier molecular flexibility index (Phi) is 10.9. The van der Waals surface area contributed by atoms with Gasteiger partial charge in [0.1, 0.15) is 12.1 Å². The molecule has 1 saturated heterocycles. The zero-order valence-corrected chi connectivity index (χ0v) is 28.2. The number of hydrogen-bond donors (Lipinski definition) is 3. The maximum absolute atomic E-state index is 14.9. The van der Waals surface area contributed by atoms with Gasteiger partial charge >= 0.3 is 12.1 Å². The van der Waals surface area contributed by atoms with Gasteiger partial charge in [0.25, 0.3) is 11.6 Å². The van der Waals surface area contributed by atoms with E-state index in [0.717, 1.165) is 11.6 Å². The molecule has 51 heavy (non-hydrogen) atoms. The van der Waals surface area contributed by atoms with E-state index in [2.05, 4.69) is 5.32 Å². The van der Waals surface area contributed by atoms with Crippen LogP contribution in [0, 0.1) is 16.0 Å². The minimum absolute atomic E-state index is 0.0569. The molecule has 5 rings (SSSR count). The second-order valence-electron chi connectivity index (χ2n) is 13.0.